The zero-order chi connectivity index (χ0) is 14.5. The van der Waals surface area contributed by atoms with Crippen molar-refractivity contribution in [1.29, 1.82) is 0 Å². The standard InChI is InChI=1S/C17H26FNO/c1-3-4-14-7-9-19(12-14)10-8-17(20)15-6-5-13(2)16(18)11-15/h5-6,11,14,17,20H,3-4,7-10,12H2,1-2H3. The van der Waals surface area contributed by atoms with E-state index >= 15 is 0 Å². The van der Waals surface area contributed by atoms with Crippen molar-refractivity contribution in [3.05, 3.63) is 35.1 Å². The zero-order valence-corrected chi connectivity index (χ0v) is 12.6. The summed E-state index contributed by atoms with van der Waals surface area (Å²) in [6.07, 6.45) is 3.96. The normalized spacial score (nSPS) is 21.3. The van der Waals surface area contributed by atoms with E-state index in [1.165, 1.54) is 25.3 Å². The second kappa shape index (κ2) is 7.19. The Bertz CT molecular complexity index is 435. The van der Waals surface area contributed by atoms with Crippen LogP contribution >= 0.6 is 0 Å². The molecule has 1 aromatic carbocycles. The van der Waals surface area contributed by atoms with Gasteiger partial charge in [-0.25, -0.2) is 4.39 Å². The number of halogens is 1. The van der Waals surface area contributed by atoms with E-state index < -0.39 is 6.10 Å². The minimum absolute atomic E-state index is 0.231. The third-order valence-electron chi connectivity index (χ3n) is 4.37. The van der Waals surface area contributed by atoms with Crippen molar-refractivity contribution in [2.75, 3.05) is 19.6 Å². The van der Waals surface area contributed by atoms with Crippen LogP contribution in [0.2, 0.25) is 0 Å². The Kier molecular flexibility index (Phi) is 5.55. The molecule has 2 atom stereocenters. The molecule has 0 saturated carbocycles. The fourth-order valence-electron chi connectivity index (χ4n) is 3.05. The van der Waals surface area contributed by atoms with Gasteiger partial charge in [-0.3, -0.25) is 0 Å². The minimum atomic E-state index is -0.560. The van der Waals surface area contributed by atoms with E-state index in [9.17, 15) is 9.50 Å². The number of benzene rings is 1. The summed E-state index contributed by atoms with van der Waals surface area (Å²) < 4.78 is 13.5. The van der Waals surface area contributed by atoms with Gasteiger partial charge in [0.2, 0.25) is 0 Å². The van der Waals surface area contributed by atoms with Crippen LogP contribution in [0.5, 0.6) is 0 Å². The summed E-state index contributed by atoms with van der Waals surface area (Å²) in [4.78, 5) is 2.42. The lowest BCUT2D eigenvalue weighted by molar-refractivity contribution is 0.147. The van der Waals surface area contributed by atoms with E-state index in [4.69, 9.17) is 0 Å². The summed E-state index contributed by atoms with van der Waals surface area (Å²) >= 11 is 0. The fraction of sp³-hybridized carbons (Fsp3) is 0.647. The maximum atomic E-state index is 13.5. The Balaban J connectivity index is 1.80. The van der Waals surface area contributed by atoms with Crippen LogP contribution in [-0.2, 0) is 0 Å². The summed E-state index contributed by atoms with van der Waals surface area (Å²) in [5, 5.41) is 10.2. The van der Waals surface area contributed by atoms with E-state index in [2.05, 4.69) is 11.8 Å². The monoisotopic (exact) mass is 279 g/mol. The van der Waals surface area contributed by atoms with E-state index in [0.29, 0.717) is 17.5 Å². The van der Waals surface area contributed by atoms with Crippen LogP contribution in [0.15, 0.2) is 18.2 Å². The van der Waals surface area contributed by atoms with Gasteiger partial charge in [0.05, 0.1) is 6.10 Å². The topological polar surface area (TPSA) is 23.5 Å². The van der Waals surface area contributed by atoms with Crippen molar-refractivity contribution in [2.45, 2.75) is 45.6 Å². The smallest absolute Gasteiger partial charge is 0.126 e. The highest BCUT2D eigenvalue weighted by Crippen LogP contribution is 2.24. The highest BCUT2D eigenvalue weighted by atomic mass is 19.1. The first-order valence-electron chi connectivity index (χ1n) is 7.76. The molecule has 0 spiro atoms. The number of nitrogens with zero attached hydrogens (tertiary/aromatic N) is 1. The molecular weight excluding hydrogens is 253 g/mol. The molecule has 2 rings (SSSR count). The largest absolute Gasteiger partial charge is 0.388 e. The summed E-state index contributed by atoms with van der Waals surface area (Å²) in [5.74, 6) is 0.597. The lowest BCUT2D eigenvalue weighted by Crippen LogP contribution is -2.23. The van der Waals surface area contributed by atoms with E-state index in [1.54, 1.807) is 13.0 Å². The molecule has 1 fully saturated rings. The van der Waals surface area contributed by atoms with Gasteiger partial charge in [0.1, 0.15) is 5.82 Å². The zero-order valence-electron chi connectivity index (χ0n) is 12.6. The maximum absolute atomic E-state index is 13.5. The molecule has 1 saturated heterocycles. The summed E-state index contributed by atoms with van der Waals surface area (Å²) in [6, 6.07) is 5.03. The van der Waals surface area contributed by atoms with E-state index in [1.807, 2.05) is 6.07 Å². The Morgan fingerprint density at radius 1 is 1.45 bits per heavy atom. The van der Waals surface area contributed by atoms with Gasteiger partial charge in [-0.15, -0.1) is 0 Å². The summed E-state index contributed by atoms with van der Waals surface area (Å²) in [6.45, 7) is 7.17. The summed E-state index contributed by atoms with van der Waals surface area (Å²) in [5.41, 5.74) is 1.32. The predicted octanol–water partition coefficient (Wildman–Crippen LogP) is 3.68. The highest BCUT2D eigenvalue weighted by Gasteiger charge is 2.22. The number of rotatable bonds is 6. The molecule has 0 radical (unpaired) electrons. The number of hydrogen-bond acceptors (Lipinski definition) is 2. The van der Waals surface area contributed by atoms with Crippen molar-refractivity contribution in [3.63, 3.8) is 0 Å². The number of aliphatic hydroxyl groups excluding tert-OH is 1. The van der Waals surface area contributed by atoms with Crippen LogP contribution in [-0.4, -0.2) is 29.6 Å². The molecule has 1 aromatic rings. The van der Waals surface area contributed by atoms with Gasteiger partial charge < -0.3 is 10.0 Å². The van der Waals surface area contributed by atoms with Crippen molar-refractivity contribution >= 4 is 0 Å². The van der Waals surface area contributed by atoms with Crippen LogP contribution in [0, 0.1) is 18.7 Å². The lowest BCUT2D eigenvalue weighted by atomic mass is 10.0. The van der Waals surface area contributed by atoms with Crippen LogP contribution in [0.4, 0.5) is 4.39 Å². The molecule has 0 bridgehead atoms. The lowest BCUT2D eigenvalue weighted by Gasteiger charge is -2.18. The first-order valence-corrected chi connectivity index (χ1v) is 7.76. The predicted molar refractivity (Wildman–Crippen MR) is 80.2 cm³/mol. The second-order valence-electron chi connectivity index (χ2n) is 6.06. The quantitative estimate of drug-likeness (QED) is 0.858. The van der Waals surface area contributed by atoms with Gasteiger partial charge in [-0.2, -0.15) is 0 Å². The molecule has 112 valence electrons. The molecule has 1 N–H and O–H groups in total. The molecule has 0 aliphatic carbocycles. The Morgan fingerprint density at radius 2 is 2.25 bits per heavy atom. The molecule has 0 amide bonds. The number of likely N-dealkylation sites (tertiary alicyclic amines) is 1. The molecule has 20 heavy (non-hydrogen) atoms. The van der Waals surface area contributed by atoms with Crippen molar-refractivity contribution in [1.82, 2.24) is 4.90 Å². The van der Waals surface area contributed by atoms with Crippen molar-refractivity contribution in [3.8, 4) is 0 Å². The fourth-order valence-corrected chi connectivity index (χ4v) is 3.05. The third-order valence-corrected chi connectivity index (χ3v) is 4.37. The van der Waals surface area contributed by atoms with Crippen LogP contribution in [0.25, 0.3) is 0 Å². The third kappa shape index (κ3) is 4.03. The number of aliphatic hydroxyl groups is 1. The van der Waals surface area contributed by atoms with Crippen LogP contribution in [0.1, 0.15) is 49.8 Å². The van der Waals surface area contributed by atoms with E-state index in [-0.39, 0.29) is 5.82 Å². The van der Waals surface area contributed by atoms with Gasteiger partial charge in [-0.1, -0.05) is 25.5 Å². The van der Waals surface area contributed by atoms with Gasteiger partial charge in [0, 0.05) is 13.1 Å². The van der Waals surface area contributed by atoms with E-state index in [0.717, 1.165) is 25.6 Å². The Hall–Kier alpha value is -0.930. The first-order chi connectivity index (χ1) is 9.60. The molecule has 2 nitrogen and oxygen atoms in total. The van der Waals surface area contributed by atoms with Crippen LogP contribution in [0.3, 0.4) is 0 Å². The van der Waals surface area contributed by atoms with Gasteiger partial charge >= 0.3 is 0 Å². The summed E-state index contributed by atoms with van der Waals surface area (Å²) in [7, 11) is 0. The molecule has 0 aromatic heterocycles. The minimum Gasteiger partial charge on any atom is -0.388 e. The van der Waals surface area contributed by atoms with Gasteiger partial charge in [-0.05, 0) is 55.8 Å². The molecule has 1 aliphatic heterocycles. The Labute approximate surface area is 121 Å². The van der Waals surface area contributed by atoms with Crippen molar-refractivity contribution in [2.24, 2.45) is 5.92 Å². The molecular formula is C17H26FNO. The number of aryl methyl sites for hydroxylation is 1. The molecule has 1 heterocycles. The first kappa shape index (κ1) is 15.5. The average molecular weight is 279 g/mol. The molecule has 3 heteroatoms. The Morgan fingerprint density at radius 3 is 2.95 bits per heavy atom. The van der Waals surface area contributed by atoms with Gasteiger partial charge in [0.25, 0.3) is 0 Å². The average Bonchev–Trinajstić information content (AvgIpc) is 2.87. The second-order valence-corrected chi connectivity index (χ2v) is 6.06. The number of hydrogen-bond donors (Lipinski definition) is 1. The highest BCUT2D eigenvalue weighted by molar-refractivity contribution is 5.24. The molecule has 1 aliphatic rings. The SMILES string of the molecule is CCCC1CCN(CCC(O)c2ccc(C)c(F)c2)C1. The van der Waals surface area contributed by atoms with Crippen molar-refractivity contribution < 1.29 is 9.50 Å². The van der Waals surface area contributed by atoms with Gasteiger partial charge in [0.15, 0.2) is 0 Å². The maximum Gasteiger partial charge on any atom is 0.126 e. The molecule has 2 unspecified atom stereocenters. The van der Waals surface area contributed by atoms with Crippen LogP contribution < -0.4 is 0 Å².